The van der Waals surface area contributed by atoms with Crippen molar-refractivity contribution in [2.75, 3.05) is 13.2 Å². The molecule has 1 N–H and O–H groups in total. The Balaban J connectivity index is 1.71. The molecule has 0 aromatic heterocycles. The summed E-state index contributed by atoms with van der Waals surface area (Å²) in [5.41, 5.74) is 0.214. The highest BCUT2D eigenvalue weighted by molar-refractivity contribution is 6.87. The zero-order valence-corrected chi connectivity index (χ0v) is 18.2. The van der Waals surface area contributed by atoms with Crippen LogP contribution in [0.1, 0.15) is 46.5 Å². The summed E-state index contributed by atoms with van der Waals surface area (Å²) in [4.78, 5) is 0. The highest BCUT2D eigenvalue weighted by atomic mass is 28.3. The average Bonchev–Trinajstić information content (AvgIpc) is 2.66. The van der Waals surface area contributed by atoms with Crippen LogP contribution >= 0.6 is 0 Å². The zero-order valence-electron chi connectivity index (χ0n) is 17.0. The Kier molecular flexibility index (Phi) is 6.56. The van der Waals surface area contributed by atoms with E-state index in [4.69, 9.17) is 4.74 Å². The fourth-order valence-corrected chi connectivity index (χ4v) is 8.16. The number of rotatable bonds is 7. The molecule has 2 aromatic carbocycles. The fourth-order valence-electron chi connectivity index (χ4n) is 4.47. The number of ether oxygens (including phenoxy) is 1. The van der Waals surface area contributed by atoms with E-state index in [0.29, 0.717) is 0 Å². The van der Waals surface area contributed by atoms with Gasteiger partial charge in [0, 0.05) is 6.61 Å². The summed E-state index contributed by atoms with van der Waals surface area (Å²) in [6.45, 7) is 8.64. The Morgan fingerprint density at radius 2 is 1.44 bits per heavy atom. The molecule has 3 rings (SSSR count). The first-order chi connectivity index (χ1) is 12.9. The van der Waals surface area contributed by atoms with Crippen LogP contribution < -0.4 is 10.4 Å². The van der Waals surface area contributed by atoms with Gasteiger partial charge in [0.15, 0.2) is 0 Å². The standard InChI is InChI=1S/C24H34O2Si/c1-23(2,18-26-19-24(3)16-14-20(25)15-17-24)27(21-10-6-4-7-11-21)22-12-8-5-9-13-22/h4-13,20,25,27H,14-19H2,1-3H3. The molecular weight excluding hydrogens is 348 g/mol. The maximum Gasteiger partial charge on any atom is 0.110 e. The van der Waals surface area contributed by atoms with E-state index in [1.54, 1.807) is 0 Å². The molecule has 0 heterocycles. The van der Waals surface area contributed by atoms with E-state index in [1.807, 2.05) is 0 Å². The van der Waals surface area contributed by atoms with Crippen LogP contribution in [0.5, 0.6) is 0 Å². The lowest BCUT2D eigenvalue weighted by Crippen LogP contribution is -2.51. The van der Waals surface area contributed by atoms with Crippen LogP contribution in [0.4, 0.5) is 0 Å². The van der Waals surface area contributed by atoms with Crippen LogP contribution in [0.3, 0.4) is 0 Å². The number of hydrogen-bond acceptors (Lipinski definition) is 2. The molecule has 1 aliphatic rings. The van der Waals surface area contributed by atoms with E-state index in [0.717, 1.165) is 38.9 Å². The van der Waals surface area contributed by atoms with Gasteiger partial charge in [-0.15, -0.1) is 0 Å². The Bertz CT molecular complexity index is 651. The molecule has 0 bridgehead atoms. The molecule has 0 saturated heterocycles. The predicted octanol–water partition coefficient (Wildman–Crippen LogP) is 3.77. The molecule has 1 aliphatic carbocycles. The number of hydrogen-bond donors (Lipinski definition) is 1. The van der Waals surface area contributed by atoms with E-state index < -0.39 is 8.80 Å². The van der Waals surface area contributed by atoms with Crippen molar-refractivity contribution >= 4 is 19.2 Å². The number of aliphatic hydroxyl groups is 1. The molecule has 27 heavy (non-hydrogen) atoms. The summed E-state index contributed by atoms with van der Waals surface area (Å²) in [6.07, 6.45) is 3.84. The SMILES string of the molecule is CC1(COCC(C)(C)[SiH](c2ccccc2)c2ccccc2)CCC(O)CC1. The molecule has 0 unspecified atom stereocenters. The van der Waals surface area contributed by atoms with Crippen molar-refractivity contribution in [3.05, 3.63) is 60.7 Å². The second kappa shape index (κ2) is 8.72. The van der Waals surface area contributed by atoms with Gasteiger partial charge in [0.2, 0.25) is 0 Å². The van der Waals surface area contributed by atoms with Gasteiger partial charge in [-0.1, -0.05) is 91.8 Å². The van der Waals surface area contributed by atoms with Crippen LogP contribution in [0.25, 0.3) is 0 Å². The van der Waals surface area contributed by atoms with Crippen LogP contribution in [0.2, 0.25) is 5.04 Å². The van der Waals surface area contributed by atoms with Crippen molar-refractivity contribution in [3.8, 4) is 0 Å². The summed E-state index contributed by atoms with van der Waals surface area (Å²) in [7, 11) is -1.43. The normalized spacial score (nSPS) is 23.5. The summed E-state index contributed by atoms with van der Waals surface area (Å²) in [5.74, 6) is 0. The maximum atomic E-state index is 9.79. The molecule has 0 atom stereocenters. The summed E-state index contributed by atoms with van der Waals surface area (Å²) in [6, 6.07) is 22.0. The van der Waals surface area contributed by atoms with Crippen molar-refractivity contribution in [2.24, 2.45) is 5.41 Å². The molecule has 1 saturated carbocycles. The third kappa shape index (κ3) is 5.31. The van der Waals surface area contributed by atoms with Crippen molar-refractivity contribution in [1.29, 1.82) is 0 Å². The first-order valence-corrected chi connectivity index (χ1v) is 12.0. The first kappa shape index (κ1) is 20.3. The third-order valence-corrected chi connectivity index (χ3v) is 9.97. The van der Waals surface area contributed by atoms with E-state index in [2.05, 4.69) is 81.4 Å². The van der Waals surface area contributed by atoms with E-state index >= 15 is 0 Å². The van der Waals surface area contributed by atoms with Gasteiger partial charge >= 0.3 is 0 Å². The van der Waals surface area contributed by atoms with Crippen LogP contribution in [0.15, 0.2) is 60.7 Å². The van der Waals surface area contributed by atoms with E-state index in [-0.39, 0.29) is 16.6 Å². The Hall–Kier alpha value is -1.42. The molecule has 0 spiro atoms. The monoisotopic (exact) mass is 382 g/mol. The lowest BCUT2D eigenvalue weighted by molar-refractivity contribution is -0.00542. The van der Waals surface area contributed by atoms with Gasteiger partial charge in [-0.25, -0.2) is 0 Å². The van der Waals surface area contributed by atoms with Crippen LogP contribution in [-0.4, -0.2) is 33.2 Å². The minimum Gasteiger partial charge on any atom is -0.393 e. The van der Waals surface area contributed by atoms with Crippen molar-refractivity contribution in [1.82, 2.24) is 0 Å². The highest BCUT2D eigenvalue weighted by Crippen LogP contribution is 2.37. The predicted molar refractivity (Wildman–Crippen MR) is 117 cm³/mol. The maximum absolute atomic E-state index is 9.79. The van der Waals surface area contributed by atoms with Gasteiger partial charge in [-0.2, -0.15) is 0 Å². The molecule has 2 nitrogen and oxygen atoms in total. The zero-order chi connectivity index (χ0) is 19.3. The van der Waals surface area contributed by atoms with Gasteiger partial charge in [-0.05, 0) is 36.1 Å². The van der Waals surface area contributed by atoms with Crippen LogP contribution in [-0.2, 0) is 4.74 Å². The van der Waals surface area contributed by atoms with E-state index in [1.165, 1.54) is 10.4 Å². The summed E-state index contributed by atoms with van der Waals surface area (Å²) in [5, 5.41) is 12.9. The lowest BCUT2D eigenvalue weighted by Gasteiger charge is -2.38. The summed E-state index contributed by atoms with van der Waals surface area (Å²) < 4.78 is 6.35. The quantitative estimate of drug-likeness (QED) is 0.739. The topological polar surface area (TPSA) is 29.5 Å². The van der Waals surface area contributed by atoms with Crippen molar-refractivity contribution < 1.29 is 9.84 Å². The molecule has 3 heteroatoms. The molecular formula is C24H34O2Si. The van der Waals surface area contributed by atoms with E-state index in [9.17, 15) is 5.11 Å². The van der Waals surface area contributed by atoms with Crippen molar-refractivity contribution in [2.45, 2.75) is 57.6 Å². The van der Waals surface area contributed by atoms with Crippen molar-refractivity contribution in [3.63, 3.8) is 0 Å². The highest BCUT2D eigenvalue weighted by Gasteiger charge is 2.36. The minimum atomic E-state index is -1.43. The smallest absolute Gasteiger partial charge is 0.110 e. The number of aliphatic hydroxyl groups excluding tert-OH is 1. The molecule has 146 valence electrons. The molecule has 0 aliphatic heterocycles. The number of benzene rings is 2. The Morgan fingerprint density at radius 3 is 1.93 bits per heavy atom. The molecule has 0 radical (unpaired) electrons. The lowest BCUT2D eigenvalue weighted by atomic mass is 9.75. The van der Waals surface area contributed by atoms with Gasteiger partial charge in [-0.3, -0.25) is 0 Å². The Labute approximate surface area is 166 Å². The fraction of sp³-hybridized carbons (Fsp3) is 0.500. The van der Waals surface area contributed by atoms with Gasteiger partial charge in [0.05, 0.1) is 12.7 Å². The van der Waals surface area contributed by atoms with Gasteiger partial charge in [0.25, 0.3) is 0 Å². The third-order valence-electron chi connectivity index (χ3n) is 6.13. The molecule has 0 amide bonds. The van der Waals surface area contributed by atoms with Gasteiger partial charge in [0.1, 0.15) is 8.80 Å². The largest absolute Gasteiger partial charge is 0.393 e. The first-order valence-electron chi connectivity index (χ1n) is 10.3. The second-order valence-corrected chi connectivity index (χ2v) is 13.0. The molecule has 1 fully saturated rings. The van der Waals surface area contributed by atoms with Crippen LogP contribution in [0, 0.1) is 5.41 Å². The van der Waals surface area contributed by atoms with Gasteiger partial charge < -0.3 is 9.84 Å². The summed E-state index contributed by atoms with van der Waals surface area (Å²) >= 11 is 0. The molecule has 2 aromatic rings. The second-order valence-electron chi connectivity index (χ2n) is 9.28. The average molecular weight is 383 g/mol. The Morgan fingerprint density at radius 1 is 0.963 bits per heavy atom. The minimum absolute atomic E-state index is 0.109.